The highest BCUT2D eigenvalue weighted by Crippen LogP contribution is 2.56. The van der Waals surface area contributed by atoms with Gasteiger partial charge in [-0.15, -0.1) is 0 Å². The molecule has 2 aliphatic rings. The lowest BCUT2D eigenvalue weighted by molar-refractivity contribution is 0.220. The Kier molecular flexibility index (Phi) is 6.77. The van der Waals surface area contributed by atoms with Crippen LogP contribution in [0, 0.1) is 0 Å². The van der Waals surface area contributed by atoms with E-state index in [1.807, 2.05) is 0 Å². The molecule has 2 fully saturated rings. The fraction of sp³-hybridized carbons (Fsp3) is 1.00. The molecule has 2 rings (SSSR count). The lowest BCUT2D eigenvalue weighted by Crippen LogP contribution is -2.38. The number of piperidine rings is 2. The van der Waals surface area contributed by atoms with Crippen LogP contribution in [0.15, 0.2) is 0 Å². The zero-order chi connectivity index (χ0) is 13.6. The molecule has 3 nitrogen and oxygen atoms in total. The summed E-state index contributed by atoms with van der Waals surface area (Å²) in [6.07, 6.45) is 10.2. The van der Waals surface area contributed by atoms with Gasteiger partial charge in [-0.1, -0.05) is 26.2 Å². The van der Waals surface area contributed by atoms with Gasteiger partial charge in [-0.05, 0) is 43.9 Å². The molecule has 2 heterocycles. The molecular weight excluding hydrogens is 275 g/mol. The Labute approximate surface area is 123 Å². The summed E-state index contributed by atoms with van der Waals surface area (Å²) in [5.74, 6) is 0. The maximum atomic E-state index is 6.33. The van der Waals surface area contributed by atoms with Crippen LogP contribution in [0.2, 0.25) is 0 Å². The Morgan fingerprint density at radius 1 is 0.895 bits per heavy atom. The first-order valence-electron chi connectivity index (χ1n) is 8.03. The number of hydrogen-bond acceptors (Lipinski definition) is 2. The number of unbranched alkanes of at least 4 members (excludes halogenated alkanes) is 1. The van der Waals surface area contributed by atoms with E-state index in [4.69, 9.17) is 16.3 Å². The second-order valence-corrected chi connectivity index (χ2v) is 9.50. The van der Waals surface area contributed by atoms with Gasteiger partial charge >= 0.3 is 0 Å². The molecule has 0 radical (unpaired) electrons. The topological polar surface area (TPSA) is 15.7 Å². The summed E-state index contributed by atoms with van der Waals surface area (Å²) in [4.78, 5) is 0. The molecule has 0 aliphatic carbocycles. The van der Waals surface area contributed by atoms with Crippen molar-refractivity contribution in [2.45, 2.75) is 58.3 Å². The molecule has 0 aromatic rings. The fourth-order valence-electron chi connectivity index (χ4n) is 2.93. The van der Waals surface area contributed by atoms with Crippen LogP contribution in [0.3, 0.4) is 0 Å². The predicted molar refractivity (Wildman–Crippen MR) is 86.0 cm³/mol. The third-order valence-corrected chi connectivity index (χ3v) is 8.59. The van der Waals surface area contributed by atoms with E-state index in [9.17, 15) is 0 Å². The molecule has 0 aromatic heterocycles. The van der Waals surface area contributed by atoms with Gasteiger partial charge in [-0.25, -0.2) is 9.34 Å². The van der Waals surface area contributed by atoms with Gasteiger partial charge in [0.05, 0.1) is 6.61 Å². The molecule has 19 heavy (non-hydrogen) atoms. The van der Waals surface area contributed by atoms with Crippen LogP contribution in [0.1, 0.15) is 58.3 Å². The Bertz CT molecular complexity index is 280. The lowest BCUT2D eigenvalue weighted by atomic mass is 10.2. The molecule has 0 saturated carbocycles. The summed E-state index contributed by atoms with van der Waals surface area (Å²) >= 11 is 6.10. The Balaban J connectivity index is 2.03. The molecule has 0 unspecified atom stereocenters. The molecule has 0 spiro atoms. The van der Waals surface area contributed by atoms with Crippen molar-refractivity contribution in [3.05, 3.63) is 0 Å². The van der Waals surface area contributed by atoms with Crippen LogP contribution in [0.4, 0.5) is 0 Å². The van der Waals surface area contributed by atoms with Gasteiger partial charge in [0.1, 0.15) is 0 Å². The number of rotatable bonds is 6. The first-order chi connectivity index (χ1) is 9.27. The summed E-state index contributed by atoms with van der Waals surface area (Å²) in [5, 5.41) is 0. The Morgan fingerprint density at radius 2 is 1.37 bits per heavy atom. The van der Waals surface area contributed by atoms with Gasteiger partial charge in [-0.3, -0.25) is 0 Å². The first-order valence-corrected chi connectivity index (χ1v) is 10.7. The van der Waals surface area contributed by atoms with E-state index in [0.29, 0.717) is 0 Å². The highest BCUT2D eigenvalue weighted by molar-refractivity contribution is 8.09. The maximum absolute atomic E-state index is 6.33. The van der Waals surface area contributed by atoms with Crippen LogP contribution < -0.4 is 0 Å². The van der Waals surface area contributed by atoms with Crippen molar-refractivity contribution in [2.24, 2.45) is 0 Å². The molecule has 112 valence electrons. The van der Waals surface area contributed by atoms with Crippen molar-refractivity contribution in [3.8, 4) is 0 Å². The molecule has 5 heteroatoms. The minimum absolute atomic E-state index is 0.848. The third-order valence-electron chi connectivity index (χ3n) is 4.14. The zero-order valence-electron chi connectivity index (χ0n) is 12.4. The van der Waals surface area contributed by atoms with E-state index in [0.717, 1.165) is 39.2 Å². The lowest BCUT2D eigenvalue weighted by Gasteiger charge is -2.44. The standard InChI is InChI=1S/C14H29N2OPS/c1-2-3-14-17-18(19,15-10-6-4-7-11-15)16-12-8-5-9-13-16/h2-14H2,1H3. The van der Waals surface area contributed by atoms with Crippen LogP contribution in [0.25, 0.3) is 0 Å². The minimum atomic E-state index is -1.90. The summed E-state index contributed by atoms with van der Waals surface area (Å²) in [7, 11) is 0. The highest BCUT2D eigenvalue weighted by atomic mass is 32.5. The first kappa shape index (κ1) is 15.9. The second-order valence-electron chi connectivity index (χ2n) is 5.71. The number of hydrogen-bond donors (Lipinski definition) is 0. The van der Waals surface area contributed by atoms with E-state index in [1.54, 1.807) is 0 Å². The van der Waals surface area contributed by atoms with Crippen molar-refractivity contribution >= 4 is 18.4 Å². The molecule has 0 aromatic carbocycles. The summed E-state index contributed by atoms with van der Waals surface area (Å²) in [5.41, 5.74) is 0. The second kappa shape index (κ2) is 8.09. The van der Waals surface area contributed by atoms with Gasteiger partial charge in [0.25, 0.3) is 0 Å². The highest BCUT2D eigenvalue weighted by Gasteiger charge is 2.35. The van der Waals surface area contributed by atoms with Gasteiger partial charge in [0.2, 0.25) is 6.57 Å². The van der Waals surface area contributed by atoms with Gasteiger partial charge in [-0.2, -0.15) is 0 Å². The Hall–Kier alpha value is 0.530. The van der Waals surface area contributed by atoms with Gasteiger partial charge in [0.15, 0.2) is 0 Å². The molecule has 0 N–H and O–H groups in total. The van der Waals surface area contributed by atoms with Crippen molar-refractivity contribution in [1.29, 1.82) is 0 Å². The largest absolute Gasteiger partial charge is 0.327 e. The molecule has 2 saturated heterocycles. The van der Waals surface area contributed by atoms with E-state index in [1.165, 1.54) is 44.9 Å². The Morgan fingerprint density at radius 3 is 1.79 bits per heavy atom. The molecule has 2 aliphatic heterocycles. The van der Waals surface area contributed by atoms with Crippen LogP contribution in [0.5, 0.6) is 0 Å². The average Bonchev–Trinajstić information content (AvgIpc) is 2.49. The van der Waals surface area contributed by atoms with Gasteiger partial charge < -0.3 is 4.52 Å². The van der Waals surface area contributed by atoms with E-state index in [-0.39, 0.29) is 0 Å². The minimum Gasteiger partial charge on any atom is -0.327 e. The van der Waals surface area contributed by atoms with Gasteiger partial charge in [0, 0.05) is 26.2 Å². The smallest absolute Gasteiger partial charge is 0.203 e. The average molecular weight is 304 g/mol. The van der Waals surface area contributed by atoms with Crippen LogP contribution in [-0.2, 0) is 16.3 Å². The van der Waals surface area contributed by atoms with Crippen LogP contribution in [-0.4, -0.2) is 42.1 Å². The molecule has 0 atom stereocenters. The van der Waals surface area contributed by atoms with E-state index >= 15 is 0 Å². The fourth-order valence-corrected chi connectivity index (χ4v) is 6.76. The van der Waals surface area contributed by atoms with E-state index in [2.05, 4.69) is 16.3 Å². The van der Waals surface area contributed by atoms with E-state index < -0.39 is 6.57 Å². The summed E-state index contributed by atoms with van der Waals surface area (Å²) in [6, 6.07) is 0. The molecular formula is C14H29N2OPS. The monoisotopic (exact) mass is 304 g/mol. The number of nitrogens with zero attached hydrogens (tertiary/aromatic N) is 2. The molecule has 0 amide bonds. The quantitative estimate of drug-likeness (QED) is 0.544. The molecule has 0 bridgehead atoms. The normalized spacial score (nSPS) is 23.6. The summed E-state index contributed by atoms with van der Waals surface area (Å²) in [6.45, 7) is 5.78. The zero-order valence-corrected chi connectivity index (χ0v) is 14.1. The van der Waals surface area contributed by atoms with Crippen molar-refractivity contribution in [2.75, 3.05) is 32.8 Å². The van der Waals surface area contributed by atoms with Crippen molar-refractivity contribution in [3.63, 3.8) is 0 Å². The summed E-state index contributed by atoms with van der Waals surface area (Å²) < 4.78 is 11.4. The third kappa shape index (κ3) is 4.25. The SMILES string of the molecule is CCCCOP(=S)(N1CCCCC1)N1CCCCC1. The van der Waals surface area contributed by atoms with Crippen molar-refractivity contribution < 1.29 is 4.52 Å². The predicted octanol–water partition coefficient (Wildman–Crippen LogP) is 4.00. The van der Waals surface area contributed by atoms with Crippen LogP contribution >= 0.6 is 6.57 Å². The van der Waals surface area contributed by atoms with Crippen molar-refractivity contribution in [1.82, 2.24) is 9.34 Å². The maximum Gasteiger partial charge on any atom is 0.203 e.